The van der Waals surface area contributed by atoms with Gasteiger partial charge in [-0.3, -0.25) is 9.69 Å². The number of rotatable bonds is 6. The summed E-state index contributed by atoms with van der Waals surface area (Å²) in [4.78, 5) is 13.6. The van der Waals surface area contributed by atoms with Crippen molar-refractivity contribution in [1.29, 1.82) is 0 Å². The Kier molecular flexibility index (Phi) is 6.41. The molecule has 0 saturated carbocycles. The largest absolute Gasteiger partial charge is 0.358 e. The third-order valence-corrected chi connectivity index (χ3v) is 5.38. The van der Waals surface area contributed by atoms with Crippen LogP contribution in [0.25, 0.3) is 5.69 Å². The van der Waals surface area contributed by atoms with Crippen LogP contribution in [0, 0.1) is 25.5 Å². The number of hydrogen-bond donors (Lipinski definition) is 2. The monoisotopic (exact) mass is 391 g/mol. The number of aryl methyl sites for hydroxylation is 1. The fourth-order valence-electron chi connectivity index (χ4n) is 3.64. The summed E-state index contributed by atoms with van der Waals surface area (Å²) in [6, 6.07) is 3.88. The highest BCUT2D eigenvalue weighted by molar-refractivity contribution is 5.77. The van der Waals surface area contributed by atoms with Crippen LogP contribution < -0.4 is 10.6 Å². The molecule has 0 bridgehead atoms. The molecule has 1 aromatic carbocycles. The molecule has 8 heteroatoms. The Morgan fingerprint density at radius 1 is 1.25 bits per heavy atom. The number of piperidine rings is 1. The van der Waals surface area contributed by atoms with Gasteiger partial charge in [-0.1, -0.05) is 0 Å². The van der Waals surface area contributed by atoms with Crippen LogP contribution >= 0.6 is 0 Å². The second kappa shape index (κ2) is 8.79. The molecule has 2 heterocycles. The predicted octanol–water partition coefficient (Wildman–Crippen LogP) is 2.07. The van der Waals surface area contributed by atoms with Crippen LogP contribution in [0.3, 0.4) is 0 Å². The first-order valence-electron chi connectivity index (χ1n) is 9.56. The van der Waals surface area contributed by atoms with E-state index in [1.807, 2.05) is 13.8 Å². The number of hydrogen-bond acceptors (Lipinski definition) is 4. The Morgan fingerprint density at radius 3 is 2.61 bits per heavy atom. The molecular formula is C20H27F2N5O. The molecule has 1 aliphatic rings. The Balaban J connectivity index is 1.62. The number of aromatic nitrogens is 2. The van der Waals surface area contributed by atoms with Crippen LogP contribution in [-0.2, 0) is 11.3 Å². The lowest BCUT2D eigenvalue weighted by Crippen LogP contribution is -2.45. The second-order valence-electron chi connectivity index (χ2n) is 7.26. The van der Waals surface area contributed by atoms with Crippen molar-refractivity contribution in [3.63, 3.8) is 0 Å². The average molecular weight is 391 g/mol. The van der Waals surface area contributed by atoms with Gasteiger partial charge in [0.1, 0.15) is 11.5 Å². The molecule has 0 unspecified atom stereocenters. The summed E-state index contributed by atoms with van der Waals surface area (Å²) in [6.07, 6.45) is 1.94. The summed E-state index contributed by atoms with van der Waals surface area (Å²) >= 11 is 0. The van der Waals surface area contributed by atoms with Crippen molar-refractivity contribution in [1.82, 2.24) is 25.3 Å². The predicted molar refractivity (Wildman–Crippen MR) is 103 cm³/mol. The SMILES string of the molecule is CNC(=O)CN1CCC(NCc2c(C)nn(-c3ccc(F)cc3F)c2C)CC1. The van der Waals surface area contributed by atoms with Crippen LogP contribution in [0.1, 0.15) is 29.8 Å². The maximum absolute atomic E-state index is 14.1. The summed E-state index contributed by atoms with van der Waals surface area (Å²) in [5.41, 5.74) is 2.94. The zero-order valence-electron chi connectivity index (χ0n) is 16.6. The van der Waals surface area contributed by atoms with Gasteiger partial charge in [0.15, 0.2) is 5.82 Å². The minimum absolute atomic E-state index is 0.0399. The molecular weight excluding hydrogens is 364 g/mol. The van der Waals surface area contributed by atoms with Gasteiger partial charge in [0.05, 0.1) is 12.2 Å². The van der Waals surface area contributed by atoms with Crippen LogP contribution in [0.15, 0.2) is 18.2 Å². The number of nitrogens with zero attached hydrogens (tertiary/aromatic N) is 3. The Morgan fingerprint density at radius 2 is 1.96 bits per heavy atom. The molecule has 1 amide bonds. The highest BCUT2D eigenvalue weighted by Gasteiger charge is 2.22. The molecule has 1 aromatic heterocycles. The third kappa shape index (κ3) is 4.56. The van der Waals surface area contributed by atoms with Crippen LogP contribution in [0.4, 0.5) is 8.78 Å². The number of likely N-dealkylation sites (N-methyl/N-ethyl adjacent to an activating group) is 1. The normalized spacial score (nSPS) is 15.8. The van der Waals surface area contributed by atoms with E-state index in [2.05, 4.69) is 20.6 Å². The summed E-state index contributed by atoms with van der Waals surface area (Å²) in [6.45, 7) is 6.63. The molecule has 1 fully saturated rings. The topological polar surface area (TPSA) is 62.2 Å². The van der Waals surface area contributed by atoms with Crippen molar-refractivity contribution in [3.05, 3.63) is 46.8 Å². The van der Waals surface area contributed by atoms with E-state index in [1.165, 1.54) is 16.8 Å². The van der Waals surface area contributed by atoms with Gasteiger partial charge in [-0.25, -0.2) is 13.5 Å². The van der Waals surface area contributed by atoms with E-state index in [0.717, 1.165) is 48.9 Å². The zero-order chi connectivity index (χ0) is 20.3. The van der Waals surface area contributed by atoms with E-state index >= 15 is 0 Å². The number of carbonyl (C=O) groups excluding carboxylic acids is 1. The van der Waals surface area contributed by atoms with Gasteiger partial charge in [-0.15, -0.1) is 0 Å². The first-order chi connectivity index (χ1) is 13.4. The quantitative estimate of drug-likeness (QED) is 0.792. The molecule has 0 aliphatic carbocycles. The first-order valence-corrected chi connectivity index (χ1v) is 9.56. The summed E-state index contributed by atoms with van der Waals surface area (Å²) in [7, 11) is 1.65. The Bertz CT molecular complexity index is 843. The summed E-state index contributed by atoms with van der Waals surface area (Å²) in [5.74, 6) is -1.20. The third-order valence-electron chi connectivity index (χ3n) is 5.38. The number of carbonyl (C=O) groups is 1. The van der Waals surface area contributed by atoms with Gasteiger partial charge in [0.2, 0.25) is 5.91 Å². The zero-order valence-corrected chi connectivity index (χ0v) is 16.6. The Labute approximate surface area is 163 Å². The van der Waals surface area contributed by atoms with Crippen molar-refractivity contribution >= 4 is 5.91 Å². The molecule has 0 radical (unpaired) electrons. The number of halogens is 2. The van der Waals surface area contributed by atoms with Crippen molar-refractivity contribution in [2.24, 2.45) is 0 Å². The first kappa shape index (κ1) is 20.4. The van der Waals surface area contributed by atoms with E-state index in [4.69, 9.17) is 0 Å². The highest BCUT2D eigenvalue weighted by Crippen LogP contribution is 2.21. The fourth-order valence-corrected chi connectivity index (χ4v) is 3.64. The van der Waals surface area contributed by atoms with Crippen LogP contribution in [0.2, 0.25) is 0 Å². The second-order valence-corrected chi connectivity index (χ2v) is 7.26. The number of likely N-dealkylation sites (tertiary alicyclic amines) is 1. The molecule has 2 aromatic rings. The van der Waals surface area contributed by atoms with E-state index in [-0.39, 0.29) is 11.6 Å². The standard InChI is InChI=1S/C20H27F2N5O/c1-13-17(11-24-16-6-8-26(9-7-16)12-20(28)23-3)14(2)27(25-13)19-5-4-15(21)10-18(19)22/h4-5,10,16,24H,6-9,11-12H2,1-3H3,(H,23,28). The fraction of sp³-hybridized carbons (Fsp3) is 0.500. The van der Waals surface area contributed by atoms with Gasteiger partial charge in [0.25, 0.3) is 0 Å². The minimum Gasteiger partial charge on any atom is -0.358 e. The molecule has 0 atom stereocenters. The highest BCUT2D eigenvalue weighted by atomic mass is 19.1. The number of benzene rings is 1. The van der Waals surface area contributed by atoms with Crippen molar-refractivity contribution in [2.45, 2.75) is 39.3 Å². The van der Waals surface area contributed by atoms with Gasteiger partial charge in [-0.05, 0) is 38.8 Å². The molecule has 152 valence electrons. The lowest BCUT2D eigenvalue weighted by Gasteiger charge is -2.31. The molecule has 28 heavy (non-hydrogen) atoms. The lowest BCUT2D eigenvalue weighted by atomic mass is 10.0. The van der Waals surface area contributed by atoms with Gasteiger partial charge >= 0.3 is 0 Å². The van der Waals surface area contributed by atoms with Gasteiger partial charge < -0.3 is 10.6 Å². The van der Waals surface area contributed by atoms with Crippen molar-refractivity contribution in [3.8, 4) is 5.69 Å². The van der Waals surface area contributed by atoms with E-state index in [9.17, 15) is 13.6 Å². The van der Waals surface area contributed by atoms with E-state index in [1.54, 1.807) is 7.05 Å². The lowest BCUT2D eigenvalue weighted by molar-refractivity contribution is -0.122. The maximum atomic E-state index is 14.1. The van der Waals surface area contributed by atoms with Gasteiger partial charge in [0, 0.05) is 50.0 Å². The van der Waals surface area contributed by atoms with Crippen LogP contribution in [0.5, 0.6) is 0 Å². The number of amides is 1. The maximum Gasteiger partial charge on any atom is 0.233 e. The molecule has 0 spiro atoms. The van der Waals surface area contributed by atoms with Crippen LogP contribution in [-0.4, -0.2) is 53.3 Å². The van der Waals surface area contributed by atoms with E-state index in [0.29, 0.717) is 19.1 Å². The molecule has 2 N–H and O–H groups in total. The smallest absolute Gasteiger partial charge is 0.233 e. The molecule has 1 aliphatic heterocycles. The average Bonchev–Trinajstić information content (AvgIpc) is 2.95. The van der Waals surface area contributed by atoms with Crippen molar-refractivity contribution in [2.75, 3.05) is 26.7 Å². The van der Waals surface area contributed by atoms with Crippen molar-refractivity contribution < 1.29 is 13.6 Å². The van der Waals surface area contributed by atoms with Gasteiger partial charge in [-0.2, -0.15) is 5.10 Å². The molecule has 1 saturated heterocycles. The van der Waals surface area contributed by atoms with E-state index < -0.39 is 11.6 Å². The summed E-state index contributed by atoms with van der Waals surface area (Å²) < 4.78 is 28.9. The molecule has 3 rings (SSSR count). The Hall–Kier alpha value is -2.32. The molecule has 6 nitrogen and oxygen atoms in total. The number of nitrogens with one attached hydrogen (secondary N) is 2. The summed E-state index contributed by atoms with van der Waals surface area (Å²) in [5, 5.41) is 10.7. The minimum atomic E-state index is -0.631.